The van der Waals surface area contributed by atoms with E-state index in [9.17, 15) is 23.0 Å². The van der Waals surface area contributed by atoms with Crippen molar-refractivity contribution < 1.29 is 31.9 Å². The quantitative estimate of drug-likeness (QED) is 0.320. The first kappa shape index (κ1) is 22.8. The first-order valence-corrected chi connectivity index (χ1v) is 11.6. The van der Waals surface area contributed by atoms with Crippen molar-refractivity contribution in [2.75, 3.05) is 12.3 Å². The minimum Gasteiger partial charge on any atom is -0.387 e. The number of nitrogens with zero attached hydrogens (tertiary/aromatic N) is 4. The van der Waals surface area contributed by atoms with E-state index in [1.807, 2.05) is 0 Å². The fourth-order valence-corrected chi connectivity index (χ4v) is 4.51. The summed E-state index contributed by atoms with van der Waals surface area (Å²) in [5.41, 5.74) is 7.10. The smallest absolute Gasteiger partial charge is 0.333 e. The fourth-order valence-electron chi connectivity index (χ4n) is 3.21. The molecular weight excluding hydrogens is 467 g/mol. The Morgan fingerprint density at radius 2 is 1.94 bits per heavy atom. The van der Waals surface area contributed by atoms with E-state index >= 15 is 0 Å². The van der Waals surface area contributed by atoms with Crippen molar-refractivity contribution in [2.24, 2.45) is 5.14 Å². The van der Waals surface area contributed by atoms with Crippen LogP contribution in [0.15, 0.2) is 35.6 Å². The molecule has 6 N–H and O–H groups in total. The summed E-state index contributed by atoms with van der Waals surface area (Å²) in [7, 11) is -4.27. The van der Waals surface area contributed by atoms with Crippen molar-refractivity contribution in [1.29, 1.82) is 0 Å². The minimum atomic E-state index is -4.27. The molecule has 12 nitrogen and oxygen atoms in total. The van der Waals surface area contributed by atoms with E-state index in [2.05, 4.69) is 19.2 Å². The molecular formula is C17H19FN6O6S2. The van der Waals surface area contributed by atoms with Gasteiger partial charge in [0.25, 0.3) is 0 Å². The van der Waals surface area contributed by atoms with Gasteiger partial charge in [0, 0.05) is 5.75 Å². The molecule has 0 unspecified atom stereocenters. The van der Waals surface area contributed by atoms with Gasteiger partial charge in [0.1, 0.15) is 41.3 Å². The molecule has 172 valence electrons. The maximum absolute atomic E-state index is 13.1. The van der Waals surface area contributed by atoms with E-state index in [1.54, 1.807) is 12.1 Å². The predicted molar refractivity (Wildman–Crippen MR) is 111 cm³/mol. The van der Waals surface area contributed by atoms with Gasteiger partial charge in [-0.1, -0.05) is 23.9 Å². The Hall–Kier alpha value is -2.40. The van der Waals surface area contributed by atoms with Crippen molar-refractivity contribution in [3.63, 3.8) is 0 Å². The fraction of sp³-hybridized carbons (Fsp3) is 0.353. The predicted octanol–water partition coefficient (Wildman–Crippen LogP) is -0.321. The average molecular weight is 487 g/mol. The zero-order valence-corrected chi connectivity index (χ0v) is 17.9. The number of aromatic nitrogens is 4. The molecule has 0 radical (unpaired) electrons. The molecule has 0 spiro atoms. The van der Waals surface area contributed by atoms with Crippen molar-refractivity contribution in [3.8, 4) is 0 Å². The number of nitrogens with two attached hydrogens (primary N) is 2. The number of hydrogen-bond donors (Lipinski definition) is 4. The monoisotopic (exact) mass is 486 g/mol. The number of anilines is 1. The molecule has 1 aliphatic heterocycles. The second-order valence-corrected chi connectivity index (χ2v) is 9.13. The van der Waals surface area contributed by atoms with E-state index in [0.29, 0.717) is 16.2 Å². The molecule has 1 aliphatic rings. The number of aliphatic hydroxyl groups excluding tert-OH is 2. The molecule has 0 amide bonds. The van der Waals surface area contributed by atoms with E-state index in [1.165, 1.54) is 34.9 Å². The molecule has 4 atom stereocenters. The van der Waals surface area contributed by atoms with Crippen molar-refractivity contribution in [1.82, 2.24) is 19.7 Å². The van der Waals surface area contributed by atoms with Crippen LogP contribution >= 0.6 is 11.8 Å². The molecule has 2 aromatic heterocycles. The highest BCUT2D eigenvalue weighted by molar-refractivity contribution is 7.98. The third-order valence-corrected chi connectivity index (χ3v) is 6.25. The summed E-state index contributed by atoms with van der Waals surface area (Å²) in [6.45, 7) is -0.601. The number of rotatable bonds is 7. The van der Waals surface area contributed by atoms with Crippen LogP contribution in [0.4, 0.5) is 10.2 Å². The van der Waals surface area contributed by atoms with Crippen LogP contribution in [0.3, 0.4) is 0 Å². The van der Waals surface area contributed by atoms with Gasteiger partial charge in [-0.2, -0.15) is 13.5 Å². The topological polar surface area (TPSA) is 189 Å². The highest BCUT2D eigenvalue weighted by Crippen LogP contribution is 2.37. The van der Waals surface area contributed by atoms with Crippen LogP contribution in [0.25, 0.3) is 11.0 Å². The van der Waals surface area contributed by atoms with Crippen molar-refractivity contribution in [2.45, 2.75) is 35.3 Å². The van der Waals surface area contributed by atoms with E-state index in [4.69, 9.17) is 15.6 Å². The van der Waals surface area contributed by atoms with Gasteiger partial charge in [-0.15, -0.1) is 0 Å². The molecule has 4 rings (SSSR count). The summed E-state index contributed by atoms with van der Waals surface area (Å²) in [6, 6.07) is 5.96. The van der Waals surface area contributed by atoms with Crippen LogP contribution in [0.1, 0.15) is 11.8 Å². The Bertz CT molecular complexity index is 1220. The van der Waals surface area contributed by atoms with E-state index < -0.39 is 41.5 Å². The normalized spacial score (nSPS) is 23.8. The van der Waals surface area contributed by atoms with Crippen LogP contribution < -0.4 is 10.9 Å². The lowest BCUT2D eigenvalue weighted by Crippen LogP contribution is -2.35. The van der Waals surface area contributed by atoms with Crippen LogP contribution in [0.2, 0.25) is 0 Å². The number of thioether (sulfide) groups is 1. The highest BCUT2D eigenvalue weighted by Gasteiger charge is 2.45. The number of fused-ring (bicyclic) bond motifs is 1. The molecule has 0 bridgehead atoms. The molecule has 1 saturated heterocycles. The minimum absolute atomic E-state index is 0.144. The van der Waals surface area contributed by atoms with Crippen LogP contribution in [-0.2, 0) is 25.0 Å². The van der Waals surface area contributed by atoms with Gasteiger partial charge in [-0.3, -0.25) is 4.18 Å². The van der Waals surface area contributed by atoms with Gasteiger partial charge in [0.2, 0.25) is 0 Å². The summed E-state index contributed by atoms with van der Waals surface area (Å²) in [5.74, 6) is 0.227. The van der Waals surface area contributed by atoms with Gasteiger partial charge in [-0.05, 0) is 17.7 Å². The lowest BCUT2D eigenvalue weighted by Gasteiger charge is -2.15. The first-order valence-electron chi connectivity index (χ1n) is 9.18. The molecule has 3 aromatic rings. The molecule has 32 heavy (non-hydrogen) atoms. The average Bonchev–Trinajstić information content (AvgIpc) is 3.24. The first-order chi connectivity index (χ1) is 15.1. The Morgan fingerprint density at radius 1 is 1.22 bits per heavy atom. The Kier molecular flexibility index (Phi) is 6.30. The van der Waals surface area contributed by atoms with E-state index in [-0.39, 0.29) is 17.3 Å². The Labute approximate surface area is 185 Å². The summed E-state index contributed by atoms with van der Waals surface area (Å²) in [6.07, 6.45) is -4.14. The Morgan fingerprint density at radius 3 is 2.62 bits per heavy atom. The van der Waals surface area contributed by atoms with Gasteiger partial charge in [-0.25, -0.2) is 24.2 Å². The number of hydrogen-bond acceptors (Lipinski definition) is 11. The van der Waals surface area contributed by atoms with Gasteiger partial charge < -0.3 is 20.7 Å². The Balaban J connectivity index is 1.63. The summed E-state index contributed by atoms with van der Waals surface area (Å²) in [4.78, 5) is 8.15. The largest absolute Gasteiger partial charge is 0.387 e. The molecule has 0 saturated carbocycles. The van der Waals surface area contributed by atoms with Crippen LogP contribution in [0.5, 0.6) is 0 Å². The number of nitrogen functional groups attached to an aromatic ring is 1. The lowest BCUT2D eigenvalue weighted by molar-refractivity contribution is -0.0531. The molecule has 15 heteroatoms. The summed E-state index contributed by atoms with van der Waals surface area (Å²) >= 11 is 1.28. The number of halogens is 1. The van der Waals surface area contributed by atoms with Gasteiger partial charge in [0.15, 0.2) is 11.9 Å². The summed E-state index contributed by atoms with van der Waals surface area (Å²) < 4.78 is 46.5. The lowest BCUT2D eigenvalue weighted by atomic mass is 10.1. The second-order valence-electron chi connectivity index (χ2n) is 6.95. The third-order valence-electron chi connectivity index (χ3n) is 4.75. The highest BCUT2D eigenvalue weighted by atomic mass is 32.2. The summed E-state index contributed by atoms with van der Waals surface area (Å²) in [5, 5.41) is 30.8. The third kappa shape index (κ3) is 4.68. The number of aliphatic hydroxyl groups is 2. The van der Waals surface area contributed by atoms with Gasteiger partial charge in [0.05, 0.1) is 12.0 Å². The van der Waals surface area contributed by atoms with Crippen LogP contribution in [-0.4, -0.2) is 63.3 Å². The second kappa shape index (κ2) is 8.86. The standard InChI is InChI=1S/C17H19FN6O6S2/c18-9-3-1-8(2-4-9)6-31-16-11-14(19)21-7-22-15(11)24(23-16)17-13(26)12(25)10(30-17)5-29-32(20,27)28/h1-4,7,10,12-13,17,25-26H,5-6H2,(H2,19,21,22)(H2,20,27,28)/t10-,12-,13-,17-/m1/s1. The number of benzene rings is 1. The van der Waals surface area contributed by atoms with E-state index in [0.717, 1.165) is 5.56 Å². The van der Waals surface area contributed by atoms with Crippen molar-refractivity contribution in [3.05, 3.63) is 42.0 Å². The molecule has 0 aliphatic carbocycles. The zero-order chi connectivity index (χ0) is 23.0. The molecule has 1 aromatic carbocycles. The maximum atomic E-state index is 13.1. The number of ether oxygens (including phenoxy) is 1. The van der Waals surface area contributed by atoms with Crippen LogP contribution in [0, 0.1) is 5.82 Å². The van der Waals surface area contributed by atoms with Crippen molar-refractivity contribution >= 4 is 38.9 Å². The zero-order valence-electron chi connectivity index (χ0n) is 16.3. The molecule has 1 fully saturated rings. The molecule has 3 heterocycles. The van der Waals surface area contributed by atoms with Gasteiger partial charge >= 0.3 is 10.3 Å². The maximum Gasteiger partial charge on any atom is 0.333 e. The SMILES string of the molecule is Nc1ncnc2c1c(SCc1ccc(F)cc1)nn2[C@@H]1O[C@H](COS(N)(=O)=O)[C@@H](O)[C@H]1O.